The first kappa shape index (κ1) is 14.3. The summed E-state index contributed by atoms with van der Waals surface area (Å²) in [6.45, 7) is 1.97. The first-order valence-electron chi connectivity index (χ1n) is 5.10. The molecule has 0 saturated carbocycles. The molecule has 2 N–H and O–H groups in total. The lowest BCUT2D eigenvalue weighted by Gasteiger charge is -2.06. The van der Waals surface area contributed by atoms with Crippen molar-refractivity contribution in [3.05, 3.63) is 22.2 Å². The summed E-state index contributed by atoms with van der Waals surface area (Å²) in [7, 11) is 1.45. The molecule has 98 valence electrons. The highest BCUT2D eigenvalue weighted by Crippen LogP contribution is 2.31. The maximum Gasteiger partial charge on any atom is 0.427 e. The Morgan fingerprint density at radius 1 is 1.61 bits per heavy atom. The first-order valence-corrected chi connectivity index (χ1v) is 5.90. The summed E-state index contributed by atoms with van der Waals surface area (Å²) < 4.78 is 10.2. The zero-order chi connectivity index (χ0) is 13.5. The molecule has 0 unspecified atom stereocenters. The van der Waals surface area contributed by atoms with E-state index >= 15 is 0 Å². The van der Waals surface area contributed by atoms with E-state index < -0.39 is 6.09 Å². The molecule has 0 aliphatic carbocycles. The minimum atomic E-state index is -0.629. The molecule has 0 spiro atoms. The van der Waals surface area contributed by atoms with Crippen LogP contribution in [0, 0.1) is 0 Å². The van der Waals surface area contributed by atoms with Crippen molar-refractivity contribution >= 4 is 28.2 Å². The van der Waals surface area contributed by atoms with Crippen LogP contribution in [-0.4, -0.2) is 31.1 Å². The van der Waals surface area contributed by atoms with Gasteiger partial charge in [-0.1, -0.05) is 0 Å². The van der Waals surface area contributed by atoms with Crippen LogP contribution in [0.25, 0.3) is 0 Å². The number of nitrogens with zero attached hydrogens (tertiary/aromatic N) is 1. The van der Waals surface area contributed by atoms with Crippen LogP contribution in [0.2, 0.25) is 0 Å². The smallest absolute Gasteiger partial charge is 0.427 e. The van der Waals surface area contributed by atoms with Gasteiger partial charge in [0.2, 0.25) is 0 Å². The van der Waals surface area contributed by atoms with Crippen molar-refractivity contribution in [1.29, 1.82) is 0 Å². The SMILES string of the molecule is CCOC(=O)N/N=C\c1cc(OC)c(O)cc1Br. The molecule has 1 aromatic rings. The second-order valence-corrected chi connectivity index (χ2v) is 3.99. The molecule has 0 aliphatic heterocycles. The Bertz CT molecular complexity index is 463. The van der Waals surface area contributed by atoms with Gasteiger partial charge >= 0.3 is 6.09 Å². The van der Waals surface area contributed by atoms with Crippen molar-refractivity contribution in [3.8, 4) is 11.5 Å². The Morgan fingerprint density at radius 2 is 2.33 bits per heavy atom. The van der Waals surface area contributed by atoms with Gasteiger partial charge in [-0.3, -0.25) is 0 Å². The van der Waals surface area contributed by atoms with E-state index in [2.05, 4.69) is 31.2 Å². The number of ether oxygens (including phenoxy) is 2. The van der Waals surface area contributed by atoms with E-state index in [0.29, 0.717) is 15.8 Å². The van der Waals surface area contributed by atoms with Gasteiger partial charge in [0.25, 0.3) is 0 Å². The molecule has 1 aromatic carbocycles. The quantitative estimate of drug-likeness (QED) is 0.659. The highest BCUT2D eigenvalue weighted by Gasteiger charge is 2.06. The van der Waals surface area contributed by atoms with Crippen molar-refractivity contribution < 1.29 is 19.4 Å². The fraction of sp³-hybridized carbons (Fsp3) is 0.273. The van der Waals surface area contributed by atoms with E-state index in [1.165, 1.54) is 19.4 Å². The lowest BCUT2D eigenvalue weighted by Crippen LogP contribution is -2.18. The molecule has 7 heteroatoms. The van der Waals surface area contributed by atoms with Crippen molar-refractivity contribution in [3.63, 3.8) is 0 Å². The number of halogens is 1. The van der Waals surface area contributed by atoms with E-state index in [0.717, 1.165) is 0 Å². The number of methoxy groups -OCH3 is 1. The monoisotopic (exact) mass is 316 g/mol. The van der Waals surface area contributed by atoms with Gasteiger partial charge in [0.1, 0.15) is 0 Å². The van der Waals surface area contributed by atoms with Gasteiger partial charge in [0, 0.05) is 10.0 Å². The number of rotatable bonds is 4. The van der Waals surface area contributed by atoms with Crippen LogP contribution in [0.5, 0.6) is 11.5 Å². The van der Waals surface area contributed by atoms with Crippen LogP contribution in [0.15, 0.2) is 21.7 Å². The van der Waals surface area contributed by atoms with Crippen LogP contribution in [0.4, 0.5) is 4.79 Å². The number of amides is 1. The number of nitrogens with one attached hydrogen (secondary N) is 1. The van der Waals surface area contributed by atoms with Gasteiger partial charge in [-0.2, -0.15) is 5.10 Å². The van der Waals surface area contributed by atoms with Crippen LogP contribution >= 0.6 is 15.9 Å². The zero-order valence-electron chi connectivity index (χ0n) is 9.94. The lowest BCUT2D eigenvalue weighted by molar-refractivity contribution is 0.152. The Kier molecular flexibility index (Phi) is 5.44. The molecule has 0 fully saturated rings. The summed E-state index contributed by atoms with van der Waals surface area (Å²) in [6, 6.07) is 3.06. The normalized spacial score (nSPS) is 10.4. The predicted molar refractivity (Wildman–Crippen MR) is 70.1 cm³/mol. The van der Waals surface area contributed by atoms with Crippen LogP contribution in [0.1, 0.15) is 12.5 Å². The number of carbonyl (C=O) groups excluding carboxylic acids is 1. The Morgan fingerprint density at radius 3 is 2.94 bits per heavy atom. The van der Waals surface area contributed by atoms with Crippen LogP contribution < -0.4 is 10.2 Å². The van der Waals surface area contributed by atoms with Crippen molar-refractivity contribution in [2.75, 3.05) is 13.7 Å². The second kappa shape index (κ2) is 6.85. The number of hydrogen-bond acceptors (Lipinski definition) is 5. The predicted octanol–water partition coefficient (Wildman–Crippen LogP) is 2.24. The number of phenols is 1. The fourth-order valence-electron chi connectivity index (χ4n) is 1.14. The molecule has 0 radical (unpaired) electrons. The highest BCUT2D eigenvalue weighted by molar-refractivity contribution is 9.10. The molecular weight excluding hydrogens is 304 g/mol. The Hall–Kier alpha value is -1.76. The molecule has 0 saturated heterocycles. The van der Waals surface area contributed by atoms with Crippen molar-refractivity contribution in [2.24, 2.45) is 5.10 Å². The maximum atomic E-state index is 11.0. The molecule has 0 aliphatic rings. The van der Waals surface area contributed by atoms with Gasteiger partial charge in [0.05, 0.1) is 19.9 Å². The lowest BCUT2D eigenvalue weighted by atomic mass is 10.2. The maximum absolute atomic E-state index is 11.0. The number of hydrazone groups is 1. The number of hydrogen-bond donors (Lipinski definition) is 2. The summed E-state index contributed by atoms with van der Waals surface area (Å²) >= 11 is 3.26. The summed E-state index contributed by atoms with van der Waals surface area (Å²) in [4.78, 5) is 11.0. The molecule has 0 bridgehead atoms. The van der Waals surface area contributed by atoms with E-state index in [1.54, 1.807) is 13.0 Å². The molecule has 18 heavy (non-hydrogen) atoms. The molecule has 1 rings (SSSR count). The van der Waals surface area contributed by atoms with Crippen molar-refractivity contribution in [1.82, 2.24) is 5.43 Å². The molecule has 1 amide bonds. The molecule has 0 atom stereocenters. The standard InChI is InChI=1S/C11H13BrN2O4/c1-3-18-11(16)14-13-6-7-4-10(17-2)9(15)5-8(7)12/h4-6,15H,3H2,1-2H3,(H,14,16)/b13-6-. The second-order valence-electron chi connectivity index (χ2n) is 3.14. The fourth-order valence-corrected chi connectivity index (χ4v) is 1.57. The molecule has 0 aromatic heterocycles. The Labute approximate surface area is 113 Å². The van der Waals surface area contributed by atoms with E-state index in [1.807, 2.05) is 0 Å². The topological polar surface area (TPSA) is 80.2 Å². The number of carbonyl (C=O) groups is 1. The molecule has 6 nitrogen and oxygen atoms in total. The molecule has 0 heterocycles. The first-order chi connectivity index (χ1) is 8.58. The third kappa shape index (κ3) is 3.92. The third-order valence-corrected chi connectivity index (χ3v) is 2.62. The van der Waals surface area contributed by atoms with E-state index in [-0.39, 0.29) is 12.4 Å². The number of benzene rings is 1. The summed E-state index contributed by atoms with van der Waals surface area (Å²) in [6.07, 6.45) is 0.777. The summed E-state index contributed by atoms with van der Waals surface area (Å²) in [5.41, 5.74) is 2.84. The van der Waals surface area contributed by atoms with Crippen LogP contribution in [0.3, 0.4) is 0 Å². The average Bonchev–Trinajstić information content (AvgIpc) is 2.32. The van der Waals surface area contributed by atoms with Gasteiger partial charge in [-0.05, 0) is 35.0 Å². The number of aromatic hydroxyl groups is 1. The highest BCUT2D eigenvalue weighted by atomic mass is 79.9. The van der Waals surface area contributed by atoms with Gasteiger partial charge in [-0.15, -0.1) is 0 Å². The van der Waals surface area contributed by atoms with Crippen LogP contribution in [-0.2, 0) is 4.74 Å². The van der Waals surface area contributed by atoms with Gasteiger partial charge in [-0.25, -0.2) is 10.2 Å². The van der Waals surface area contributed by atoms with Gasteiger partial charge in [0.15, 0.2) is 11.5 Å². The van der Waals surface area contributed by atoms with E-state index in [9.17, 15) is 9.90 Å². The Balaban J connectivity index is 2.78. The van der Waals surface area contributed by atoms with Gasteiger partial charge < -0.3 is 14.6 Å². The minimum absolute atomic E-state index is 0.0138. The third-order valence-electron chi connectivity index (χ3n) is 1.93. The summed E-state index contributed by atoms with van der Waals surface area (Å²) in [5, 5.41) is 13.2. The minimum Gasteiger partial charge on any atom is -0.504 e. The largest absolute Gasteiger partial charge is 0.504 e. The number of phenolic OH excluding ortho intramolecular Hbond substituents is 1. The van der Waals surface area contributed by atoms with Crippen molar-refractivity contribution in [2.45, 2.75) is 6.92 Å². The summed E-state index contributed by atoms with van der Waals surface area (Å²) in [5.74, 6) is 0.329. The zero-order valence-corrected chi connectivity index (χ0v) is 11.5. The van der Waals surface area contributed by atoms with E-state index in [4.69, 9.17) is 4.74 Å². The average molecular weight is 317 g/mol. The molecular formula is C11H13BrN2O4.